The van der Waals surface area contributed by atoms with Gasteiger partial charge in [-0.1, -0.05) is 0 Å². The SMILES string of the molecule is CC1CCCC[NH+]1CCNC(=O)c1ccc2c(c1)NC(=O)CS2. The van der Waals surface area contributed by atoms with Crippen molar-refractivity contribution in [2.45, 2.75) is 37.1 Å². The highest BCUT2D eigenvalue weighted by Gasteiger charge is 2.21. The van der Waals surface area contributed by atoms with Crippen LogP contribution in [-0.4, -0.2) is 43.2 Å². The quantitative estimate of drug-likeness (QED) is 0.767. The molecule has 5 nitrogen and oxygen atoms in total. The minimum absolute atomic E-state index is 0.0113. The van der Waals surface area contributed by atoms with Crippen molar-refractivity contribution < 1.29 is 14.5 Å². The van der Waals surface area contributed by atoms with Gasteiger partial charge in [-0.2, -0.15) is 0 Å². The van der Waals surface area contributed by atoms with E-state index in [1.54, 1.807) is 11.0 Å². The topological polar surface area (TPSA) is 62.6 Å². The molecule has 1 aromatic rings. The number of piperidine rings is 1. The fourth-order valence-electron chi connectivity index (χ4n) is 3.29. The fraction of sp³-hybridized carbons (Fsp3) is 0.529. The summed E-state index contributed by atoms with van der Waals surface area (Å²) in [5.41, 5.74) is 1.35. The normalized spacial score (nSPS) is 23.8. The molecule has 0 bridgehead atoms. The molecule has 1 fully saturated rings. The second-order valence-electron chi connectivity index (χ2n) is 6.36. The Morgan fingerprint density at radius 1 is 1.43 bits per heavy atom. The molecule has 0 aromatic heterocycles. The van der Waals surface area contributed by atoms with E-state index >= 15 is 0 Å². The maximum absolute atomic E-state index is 12.3. The molecule has 0 radical (unpaired) electrons. The van der Waals surface area contributed by atoms with Crippen LogP contribution in [0.2, 0.25) is 0 Å². The van der Waals surface area contributed by atoms with Crippen molar-refractivity contribution in [1.29, 1.82) is 0 Å². The van der Waals surface area contributed by atoms with Crippen molar-refractivity contribution in [2.24, 2.45) is 0 Å². The van der Waals surface area contributed by atoms with Crippen LogP contribution in [0.3, 0.4) is 0 Å². The Morgan fingerprint density at radius 3 is 3.13 bits per heavy atom. The lowest BCUT2D eigenvalue weighted by Gasteiger charge is -2.30. The Kier molecular flexibility index (Phi) is 5.23. The van der Waals surface area contributed by atoms with Gasteiger partial charge in [0.15, 0.2) is 0 Å². The Morgan fingerprint density at radius 2 is 2.30 bits per heavy atom. The zero-order valence-electron chi connectivity index (χ0n) is 13.5. The van der Waals surface area contributed by atoms with Gasteiger partial charge in [0.2, 0.25) is 5.91 Å². The van der Waals surface area contributed by atoms with Gasteiger partial charge in [0, 0.05) is 10.5 Å². The van der Waals surface area contributed by atoms with E-state index in [0.717, 1.165) is 17.1 Å². The number of hydrogen-bond donors (Lipinski definition) is 3. The van der Waals surface area contributed by atoms with Crippen LogP contribution in [0.1, 0.15) is 36.5 Å². The van der Waals surface area contributed by atoms with Crippen molar-refractivity contribution in [1.82, 2.24) is 5.32 Å². The fourth-order valence-corrected chi connectivity index (χ4v) is 4.08. The maximum atomic E-state index is 12.3. The third-order valence-electron chi connectivity index (χ3n) is 4.69. The van der Waals surface area contributed by atoms with Gasteiger partial charge < -0.3 is 15.5 Å². The van der Waals surface area contributed by atoms with Crippen LogP contribution in [-0.2, 0) is 4.79 Å². The van der Waals surface area contributed by atoms with Crippen molar-refractivity contribution in [3.8, 4) is 0 Å². The third kappa shape index (κ3) is 4.06. The molecule has 3 rings (SSSR count). The van der Waals surface area contributed by atoms with E-state index in [4.69, 9.17) is 0 Å². The number of amides is 2. The average molecular weight is 334 g/mol. The van der Waals surface area contributed by atoms with Gasteiger partial charge in [0.1, 0.15) is 0 Å². The standard InChI is InChI=1S/C17H23N3O2S/c1-12-4-2-3-8-20(12)9-7-18-17(22)13-5-6-15-14(10-13)19-16(21)11-23-15/h5-6,10,12H,2-4,7-9,11H2,1H3,(H,18,22)(H,19,21)/p+1. The molecule has 2 aliphatic rings. The van der Waals surface area contributed by atoms with E-state index in [1.807, 2.05) is 12.1 Å². The number of anilines is 1. The van der Waals surface area contributed by atoms with Gasteiger partial charge in [-0.05, 0) is 44.4 Å². The van der Waals surface area contributed by atoms with Crippen LogP contribution >= 0.6 is 11.8 Å². The summed E-state index contributed by atoms with van der Waals surface area (Å²) in [6.45, 7) is 5.17. The molecule has 2 heterocycles. The molecular weight excluding hydrogens is 310 g/mol. The van der Waals surface area contributed by atoms with E-state index in [-0.39, 0.29) is 11.8 Å². The molecule has 124 valence electrons. The highest BCUT2D eigenvalue weighted by atomic mass is 32.2. The zero-order valence-corrected chi connectivity index (χ0v) is 14.3. The van der Waals surface area contributed by atoms with Crippen LogP contribution in [0, 0.1) is 0 Å². The lowest BCUT2D eigenvalue weighted by atomic mass is 10.0. The second-order valence-corrected chi connectivity index (χ2v) is 7.38. The van der Waals surface area contributed by atoms with Gasteiger partial charge in [-0.3, -0.25) is 9.59 Å². The summed E-state index contributed by atoms with van der Waals surface area (Å²) in [7, 11) is 0. The molecule has 1 aromatic carbocycles. The minimum Gasteiger partial charge on any atom is -0.346 e. The highest BCUT2D eigenvalue weighted by Crippen LogP contribution is 2.31. The van der Waals surface area contributed by atoms with Crippen molar-refractivity contribution in [3.05, 3.63) is 23.8 Å². The Balaban J connectivity index is 1.54. The first-order chi connectivity index (χ1) is 11.1. The number of benzene rings is 1. The predicted molar refractivity (Wildman–Crippen MR) is 92.1 cm³/mol. The van der Waals surface area contributed by atoms with E-state index in [9.17, 15) is 9.59 Å². The number of thioether (sulfide) groups is 1. The number of fused-ring (bicyclic) bond motifs is 1. The summed E-state index contributed by atoms with van der Waals surface area (Å²) in [6.07, 6.45) is 3.90. The van der Waals surface area contributed by atoms with Crippen molar-refractivity contribution in [3.63, 3.8) is 0 Å². The number of likely N-dealkylation sites (tertiary alicyclic amines) is 1. The molecule has 1 saturated heterocycles. The number of quaternary nitrogens is 1. The predicted octanol–water partition coefficient (Wildman–Crippen LogP) is 0.918. The van der Waals surface area contributed by atoms with E-state index in [1.165, 1.54) is 37.6 Å². The molecule has 2 unspecified atom stereocenters. The molecule has 6 heteroatoms. The van der Waals surface area contributed by atoms with Gasteiger partial charge >= 0.3 is 0 Å². The summed E-state index contributed by atoms with van der Waals surface area (Å²) in [5.74, 6) is 0.361. The number of hydrogen-bond acceptors (Lipinski definition) is 3. The number of nitrogens with one attached hydrogen (secondary N) is 3. The average Bonchev–Trinajstić information content (AvgIpc) is 2.55. The second kappa shape index (κ2) is 7.36. The van der Waals surface area contributed by atoms with Gasteiger partial charge in [0.25, 0.3) is 5.91 Å². The highest BCUT2D eigenvalue weighted by molar-refractivity contribution is 8.00. The zero-order chi connectivity index (χ0) is 16.2. The molecule has 0 spiro atoms. The molecular formula is C17H24N3O2S+. The van der Waals surface area contributed by atoms with E-state index in [2.05, 4.69) is 17.6 Å². The Hall–Kier alpha value is -1.53. The summed E-state index contributed by atoms with van der Waals surface area (Å²) < 4.78 is 0. The molecule has 0 saturated carbocycles. The molecule has 3 N–H and O–H groups in total. The smallest absolute Gasteiger partial charge is 0.251 e. The lowest BCUT2D eigenvalue weighted by Crippen LogP contribution is -3.16. The lowest BCUT2D eigenvalue weighted by molar-refractivity contribution is -0.927. The molecule has 2 aliphatic heterocycles. The van der Waals surface area contributed by atoms with Crippen LogP contribution in [0.4, 0.5) is 5.69 Å². The summed E-state index contributed by atoms with van der Waals surface area (Å²) in [6, 6.07) is 6.20. The largest absolute Gasteiger partial charge is 0.346 e. The molecule has 0 aliphatic carbocycles. The van der Waals surface area contributed by atoms with Crippen molar-refractivity contribution >= 4 is 29.3 Å². The minimum atomic E-state index is -0.0679. The summed E-state index contributed by atoms with van der Waals surface area (Å²) in [5, 5.41) is 5.83. The number of rotatable bonds is 4. The van der Waals surface area contributed by atoms with Gasteiger partial charge in [-0.25, -0.2) is 0 Å². The van der Waals surface area contributed by atoms with E-state index in [0.29, 0.717) is 23.9 Å². The first-order valence-electron chi connectivity index (χ1n) is 8.33. The number of carbonyl (C=O) groups excluding carboxylic acids is 2. The van der Waals surface area contributed by atoms with E-state index < -0.39 is 0 Å². The first kappa shape index (κ1) is 16.3. The number of carbonyl (C=O) groups is 2. The van der Waals surface area contributed by atoms with Crippen LogP contribution in [0.25, 0.3) is 0 Å². The summed E-state index contributed by atoms with van der Waals surface area (Å²) >= 11 is 1.51. The van der Waals surface area contributed by atoms with Crippen LogP contribution in [0.15, 0.2) is 23.1 Å². The van der Waals surface area contributed by atoms with Crippen LogP contribution < -0.4 is 15.5 Å². The van der Waals surface area contributed by atoms with Crippen LogP contribution in [0.5, 0.6) is 0 Å². The third-order valence-corrected chi connectivity index (χ3v) is 5.76. The van der Waals surface area contributed by atoms with Crippen molar-refractivity contribution in [2.75, 3.05) is 30.7 Å². The molecule has 2 amide bonds. The molecule has 23 heavy (non-hydrogen) atoms. The maximum Gasteiger partial charge on any atom is 0.251 e. The summed E-state index contributed by atoms with van der Waals surface area (Å²) in [4.78, 5) is 26.4. The Bertz CT molecular complexity index is 606. The van der Waals surface area contributed by atoms with Gasteiger partial charge in [-0.15, -0.1) is 11.8 Å². The first-order valence-corrected chi connectivity index (χ1v) is 9.31. The van der Waals surface area contributed by atoms with Gasteiger partial charge in [0.05, 0.1) is 37.1 Å². The monoisotopic (exact) mass is 334 g/mol. The Labute approximate surface area is 141 Å². The molecule has 2 atom stereocenters.